The molecule has 0 aliphatic rings. The van der Waals surface area contributed by atoms with E-state index in [0.717, 1.165) is 21.9 Å². The molecule has 0 bridgehead atoms. The lowest BCUT2D eigenvalue weighted by Crippen LogP contribution is -1.78. The summed E-state index contributed by atoms with van der Waals surface area (Å²) in [6.45, 7) is 0. The maximum absolute atomic E-state index is 11.6. The first-order chi connectivity index (χ1) is 7.79. The first-order valence-electron chi connectivity index (χ1n) is 5.15. The lowest BCUT2D eigenvalue weighted by atomic mass is 10.1. The summed E-state index contributed by atoms with van der Waals surface area (Å²) in [6.07, 6.45) is 0. The molecule has 0 atom stereocenters. The van der Waals surface area contributed by atoms with Crippen molar-refractivity contribution in [3.8, 4) is 11.1 Å². The molecule has 0 saturated carbocycles. The second kappa shape index (κ2) is 2.30. The summed E-state index contributed by atoms with van der Waals surface area (Å²) >= 11 is 0. The molecule has 0 unspecified atom stereocenters. The molecule has 0 amide bonds. The van der Waals surface area contributed by atoms with E-state index in [0.29, 0.717) is 10.8 Å². The van der Waals surface area contributed by atoms with Crippen molar-refractivity contribution in [3.05, 3.63) is 56.8 Å². The Morgan fingerprint density at radius 1 is 0.750 bits per heavy atom. The van der Waals surface area contributed by atoms with Crippen LogP contribution in [-0.4, -0.2) is 0 Å². The van der Waals surface area contributed by atoms with Crippen molar-refractivity contribution in [1.29, 1.82) is 0 Å². The minimum absolute atomic E-state index is 0.0456. The van der Waals surface area contributed by atoms with Crippen molar-refractivity contribution >= 4 is 21.5 Å². The van der Waals surface area contributed by atoms with Gasteiger partial charge in [-0.2, -0.15) is 0 Å². The fourth-order valence-electron chi connectivity index (χ4n) is 2.30. The van der Waals surface area contributed by atoms with Gasteiger partial charge in [0, 0.05) is 21.5 Å². The molecule has 0 N–H and O–H groups in total. The molecule has 0 saturated heterocycles. The van der Waals surface area contributed by atoms with Gasteiger partial charge in [-0.15, -0.1) is 0 Å². The molecule has 0 heterocycles. The van der Waals surface area contributed by atoms with E-state index in [1.165, 1.54) is 0 Å². The molecule has 0 fully saturated rings. The third-order valence-corrected chi connectivity index (χ3v) is 3.21. The standard InChI is InChI=1S/C14H6O2/c15-13-9-6-8(7-4-2-1-3-5-7)10-12(11(9)13)14(10)16/h1-6H. The van der Waals surface area contributed by atoms with E-state index in [2.05, 4.69) is 0 Å². The van der Waals surface area contributed by atoms with Crippen LogP contribution in [0.1, 0.15) is 0 Å². The highest BCUT2D eigenvalue weighted by molar-refractivity contribution is 6.27. The monoisotopic (exact) mass is 206 g/mol. The zero-order chi connectivity index (χ0) is 10.9. The molecule has 0 aliphatic heterocycles. The number of benzene rings is 2. The Balaban J connectivity index is 2.14. The predicted octanol–water partition coefficient (Wildman–Crippen LogP) is 2.13. The van der Waals surface area contributed by atoms with Crippen LogP contribution in [0.5, 0.6) is 0 Å². The Morgan fingerprint density at radius 2 is 1.50 bits per heavy atom. The van der Waals surface area contributed by atoms with Gasteiger partial charge < -0.3 is 0 Å². The van der Waals surface area contributed by atoms with Crippen LogP contribution in [0.2, 0.25) is 0 Å². The fourth-order valence-corrected chi connectivity index (χ4v) is 2.30. The highest BCUT2D eigenvalue weighted by Crippen LogP contribution is 2.37. The molecule has 0 aromatic heterocycles. The predicted molar refractivity (Wildman–Crippen MR) is 64.2 cm³/mol. The molecular weight excluding hydrogens is 200 g/mol. The maximum atomic E-state index is 11.6. The van der Waals surface area contributed by atoms with Gasteiger partial charge in [-0.05, 0) is 17.2 Å². The average Bonchev–Trinajstić information content (AvgIpc) is 3.18. The lowest BCUT2D eigenvalue weighted by Gasteiger charge is -1.97. The van der Waals surface area contributed by atoms with Crippen LogP contribution in [0.4, 0.5) is 0 Å². The van der Waals surface area contributed by atoms with Crippen LogP contribution in [0.3, 0.4) is 0 Å². The van der Waals surface area contributed by atoms with E-state index in [-0.39, 0.29) is 10.9 Å². The van der Waals surface area contributed by atoms with Gasteiger partial charge in [0.15, 0.2) is 10.9 Å². The normalized spacial score (nSPS) is 12.2. The molecule has 2 nitrogen and oxygen atoms in total. The van der Waals surface area contributed by atoms with Gasteiger partial charge >= 0.3 is 0 Å². The first kappa shape index (κ1) is 7.99. The Morgan fingerprint density at radius 3 is 2.25 bits per heavy atom. The van der Waals surface area contributed by atoms with E-state index >= 15 is 0 Å². The quantitative estimate of drug-likeness (QED) is 0.478. The van der Waals surface area contributed by atoms with Crippen LogP contribution < -0.4 is 10.9 Å². The molecule has 16 heavy (non-hydrogen) atoms. The van der Waals surface area contributed by atoms with E-state index in [4.69, 9.17) is 0 Å². The van der Waals surface area contributed by atoms with Crippen molar-refractivity contribution < 1.29 is 0 Å². The summed E-state index contributed by atoms with van der Waals surface area (Å²) in [6, 6.07) is 11.6. The van der Waals surface area contributed by atoms with Crippen LogP contribution in [-0.2, 0) is 0 Å². The van der Waals surface area contributed by atoms with Crippen LogP contribution in [0.25, 0.3) is 32.7 Å². The smallest absolute Gasteiger partial charge is 0.195 e. The summed E-state index contributed by atoms with van der Waals surface area (Å²) in [5.74, 6) is 0. The topological polar surface area (TPSA) is 34.1 Å². The molecule has 0 aliphatic carbocycles. The van der Waals surface area contributed by atoms with Gasteiger partial charge in [0.05, 0.1) is 0 Å². The van der Waals surface area contributed by atoms with E-state index in [9.17, 15) is 9.59 Å². The van der Waals surface area contributed by atoms with Crippen molar-refractivity contribution in [2.45, 2.75) is 0 Å². The summed E-state index contributed by atoms with van der Waals surface area (Å²) in [5.41, 5.74) is 2.01. The largest absolute Gasteiger partial charge is 0.289 e. The minimum atomic E-state index is 0.0456. The number of hydrogen-bond acceptors (Lipinski definition) is 2. The SMILES string of the molecule is O=c1c2cc(-c3ccccc3)c3c(=O)c3c12. The van der Waals surface area contributed by atoms with Crippen LogP contribution >= 0.6 is 0 Å². The van der Waals surface area contributed by atoms with Crippen molar-refractivity contribution in [2.75, 3.05) is 0 Å². The molecular formula is C14H6O2. The molecule has 4 rings (SSSR count). The Hall–Kier alpha value is -2.22. The fraction of sp³-hybridized carbons (Fsp3) is 0. The molecule has 4 aromatic rings. The highest BCUT2D eigenvalue weighted by Gasteiger charge is 2.28. The van der Waals surface area contributed by atoms with E-state index in [1.54, 1.807) is 0 Å². The second-order valence-corrected chi connectivity index (χ2v) is 4.12. The molecule has 74 valence electrons. The Kier molecular flexibility index (Phi) is 1.15. The summed E-state index contributed by atoms with van der Waals surface area (Å²) in [7, 11) is 0. The zero-order valence-corrected chi connectivity index (χ0v) is 8.28. The summed E-state index contributed by atoms with van der Waals surface area (Å²) in [4.78, 5) is 23.0. The summed E-state index contributed by atoms with van der Waals surface area (Å²) in [5, 5.41) is 2.81. The van der Waals surface area contributed by atoms with Crippen molar-refractivity contribution in [2.24, 2.45) is 0 Å². The minimum Gasteiger partial charge on any atom is -0.289 e. The average molecular weight is 206 g/mol. The first-order valence-corrected chi connectivity index (χ1v) is 5.15. The lowest BCUT2D eigenvalue weighted by molar-refractivity contribution is 1.69. The van der Waals surface area contributed by atoms with Gasteiger partial charge in [-0.25, -0.2) is 0 Å². The maximum Gasteiger partial charge on any atom is 0.195 e. The second-order valence-electron chi connectivity index (χ2n) is 4.12. The molecule has 4 aromatic carbocycles. The Labute approximate surface area is 90.1 Å². The number of hydrogen-bond donors (Lipinski definition) is 0. The van der Waals surface area contributed by atoms with E-state index in [1.807, 2.05) is 36.4 Å². The van der Waals surface area contributed by atoms with Crippen LogP contribution in [0.15, 0.2) is 46.0 Å². The third-order valence-electron chi connectivity index (χ3n) is 3.21. The van der Waals surface area contributed by atoms with Gasteiger partial charge in [0.1, 0.15) is 0 Å². The van der Waals surface area contributed by atoms with Gasteiger partial charge in [-0.3, -0.25) is 9.59 Å². The van der Waals surface area contributed by atoms with Crippen molar-refractivity contribution in [3.63, 3.8) is 0 Å². The Bertz CT molecular complexity index is 864. The van der Waals surface area contributed by atoms with E-state index < -0.39 is 0 Å². The highest BCUT2D eigenvalue weighted by atomic mass is 16.1. The number of fused-ring (bicyclic) bond motifs is 3. The number of rotatable bonds is 1. The summed E-state index contributed by atoms with van der Waals surface area (Å²) < 4.78 is 0. The van der Waals surface area contributed by atoms with Gasteiger partial charge in [0.25, 0.3) is 0 Å². The zero-order valence-electron chi connectivity index (χ0n) is 8.28. The third kappa shape index (κ3) is 0.784. The molecule has 0 spiro atoms. The van der Waals surface area contributed by atoms with Gasteiger partial charge in [0.2, 0.25) is 0 Å². The molecule has 2 heteroatoms. The van der Waals surface area contributed by atoms with Crippen LogP contribution in [0, 0.1) is 0 Å². The van der Waals surface area contributed by atoms with Crippen molar-refractivity contribution in [1.82, 2.24) is 0 Å². The molecule has 0 radical (unpaired) electrons. The van der Waals surface area contributed by atoms with Gasteiger partial charge in [-0.1, -0.05) is 30.3 Å².